The molecule has 1 fully saturated rings. The molecule has 2 aromatic rings. The average Bonchev–Trinajstić information content (AvgIpc) is 3.22. The average molecular weight is 268 g/mol. The Morgan fingerprint density at radius 3 is 2.25 bits per heavy atom. The standard InChI is InChI=1S/C17H20N2O/c18-15-5-1-3-13(9-15)11-19(16-7-8-16)12-14-4-2-6-17(20)10-14/h1-6,9-10,16,20H,7-8,11-12,18H2. The molecule has 0 spiro atoms. The molecule has 3 nitrogen and oxygen atoms in total. The van der Waals surface area contributed by atoms with Gasteiger partial charge in [-0.25, -0.2) is 0 Å². The van der Waals surface area contributed by atoms with Gasteiger partial charge in [-0.15, -0.1) is 0 Å². The predicted octanol–water partition coefficient (Wildman–Crippen LogP) is 3.14. The van der Waals surface area contributed by atoms with Crippen LogP contribution in [0.5, 0.6) is 5.75 Å². The second-order valence-corrected chi connectivity index (χ2v) is 5.55. The van der Waals surface area contributed by atoms with E-state index in [0.29, 0.717) is 11.8 Å². The number of nitrogens with two attached hydrogens (primary N) is 1. The number of rotatable bonds is 5. The van der Waals surface area contributed by atoms with E-state index < -0.39 is 0 Å². The van der Waals surface area contributed by atoms with Gasteiger partial charge in [0.25, 0.3) is 0 Å². The first-order chi connectivity index (χ1) is 9.70. The summed E-state index contributed by atoms with van der Waals surface area (Å²) in [4.78, 5) is 2.46. The summed E-state index contributed by atoms with van der Waals surface area (Å²) in [6, 6.07) is 16.3. The lowest BCUT2D eigenvalue weighted by molar-refractivity contribution is 0.245. The van der Waals surface area contributed by atoms with Gasteiger partial charge in [-0.3, -0.25) is 4.90 Å². The maximum atomic E-state index is 9.57. The van der Waals surface area contributed by atoms with E-state index in [0.717, 1.165) is 24.3 Å². The van der Waals surface area contributed by atoms with Crippen LogP contribution in [0, 0.1) is 0 Å². The van der Waals surface area contributed by atoms with Gasteiger partial charge in [-0.05, 0) is 48.2 Å². The number of hydrogen-bond donors (Lipinski definition) is 2. The molecule has 0 atom stereocenters. The molecule has 1 saturated carbocycles. The maximum Gasteiger partial charge on any atom is 0.115 e. The Bertz CT molecular complexity index is 546. The first-order valence-electron chi connectivity index (χ1n) is 7.07. The Balaban J connectivity index is 1.73. The smallest absolute Gasteiger partial charge is 0.115 e. The summed E-state index contributed by atoms with van der Waals surface area (Å²) in [6.45, 7) is 1.78. The van der Waals surface area contributed by atoms with Gasteiger partial charge in [0.1, 0.15) is 5.75 Å². The lowest BCUT2D eigenvalue weighted by Gasteiger charge is -2.22. The van der Waals surface area contributed by atoms with Crippen molar-refractivity contribution in [3.05, 3.63) is 59.7 Å². The van der Waals surface area contributed by atoms with Crippen molar-refractivity contribution in [1.82, 2.24) is 4.90 Å². The van der Waals surface area contributed by atoms with Gasteiger partial charge < -0.3 is 10.8 Å². The number of aromatic hydroxyl groups is 1. The topological polar surface area (TPSA) is 49.5 Å². The number of benzene rings is 2. The van der Waals surface area contributed by atoms with Crippen molar-refractivity contribution >= 4 is 5.69 Å². The van der Waals surface area contributed by atoms with Crippen molar-refractivity contribution in [2.75, 3.05) is 5.73 Å². The lowest BCUT2D eigenvalue weighted by Crippen LogP contribution is -2.25. The molecule has 0 radical (unpaired) electrons. The molecule has 0 saturated heterocycles. The largest absolute Gasteiger partial charge is 0.508 e. The highest BCUT2D eigenvalue weighted by Gasteiger charge is 2.28. The molecule has 3 N–H and O–H groups in total. The van der Waals surface area contributed by atoms with E-state index in [1.807, 2.05) is 30.3 Å². The van der Waals surface area contributed by atoms with Crippen LogP contribution in [0.15, 0.2) is 48.5 Å². The van der Waals surface area contributed by atoms with Gasteiger partial charge in [-0.2, -0.15) is 0 Å². The molecule has 104 valence electrons. The van der Waals surface area contributed by atoms with E-state index >= 15 is 0 Å². The third-order valence-corrected chi connectivity index (χ3v) is 3.70. The Hall–Kier alpha value is -2.00. The number of phenolic OH excluding ortho intramolecular Hbond substituents is 1. The third-order valence-electron chi connectivity index (χ3n) is 3.70. The molecule has 0 aromatic heterocycles. The first-order valence-corrected chi connectivity index (χ1v) is 7.07. The van der Waals surface area contributed by atoms with Crippen molar-refractivity contribution in [2.24, 2.45) is 0 Å². The Kier molecular flexibility index (Phi) is 3.61. The number of nitrogens with zero attached hydrogens (tertiary/aromatic N) is 1. The van der Waals surface area contributed by atoms with E-state index in [1.54, 1.807) is 6.07 Å². The van der Waals surface area contributed by atoms with Crippen LogP contribution in [0.4, 0.5) is 5.69 Å². The highest BCUT2D eigenvalue weighted by molar-refractivity contribution is 5.40. The van der Waals surface area contributed by atoms with Crippen molar-refractivity contribution in [3.63, 3.8) is 0 Å². The fourth-order valence-electron chi connectivity index (χ4n) is 2.57. The van der Waals surface area contributed by atoms with E-state index in [-0.39, 0.29) is 0 Å². The quantitative estimate of drug-likeness (QED) is 0.819. The van der Waals surface area contributed by atoms with Gasteiger partial charge in [-0.1, -0.05) is 24.3 Å². The van der Waals surface area contributed by atoms with Gasteiger partial charge in [0.05, 0.1) is 0 Å². The fraction of sp³-hybridized carbons (Fsp3) is 0.294. The summed E-state index contributed by atoms with van der Waals surface area (Å²) in [5.41, 5.74) is 9.06. The van der Waals surface area contributed by atoms with Crippen LogP contribution in [-0.4, -0.2) is 16.0 Å². The molecule has 2 aromatic carbocycles. The molecule has 0 amide bonds. The van der Waals surface area contributed by atoms with Crippen molar-refractivity contribution in [1.29, 1.82) is 0 Å². The van der Waals surface area contributed by atoms with Gasteiger partial charge >= 0.3 is 0 Å². The molecule has 20 heavy (non-hydrogen) atoms. The van der Waals surface area contributed by atoms with Crippen molar-refractivity contribution in [2.45, 2.75) is 32.0 Å². The normalized spacial score (nSPS) is 14.7. The zero-order chi connectivity index (χ0) is 13.9. The summed E-state index contributed by atoms with van der Waals surface area (Å²) >= 11 is 0. The van der Waals surface area contributed by atoms with E-state index in [2.05, 4.69) is 17.0 Å². The zero-order valence-corrected chi connectivity index (χ0v) is 11.5. The zero-order valence-electron chi connectivity index (χ0n) is 11.5. The first kappa shape index (κ1) is 13.0. The Morgan fingerprint density at radius 2 is 1.65 bits per heavy atom. The van der Waals surface area contributed by atoms with Crippen LogP contribution in [0.2, 0.25) is 0 Å². The highest BCUT2D eigenvalue weighted by Crippen LogP contribution is 2.30. The van der Waals surface area contributed by atoms with E-state index in [4.69, 9.17) is 5.73 Å². The van der Waals surface area contributed by atoms with Gasteiger partial charge in [0, 0.05) is 24.8 Å². The maximum absolute atomic E-state index is 9.57. The summed E-state index contributed by atoms with van der Waals surface area (Å²) in [7, 11) is 0. The Morgan fingerprint density at radius 1 is 1.00 bits per heavy atom. The fourth-order valence-corrected chi connectivity index (χ4v) is 2.57. The van der Waals surface area contributed by atoms with Crippen LogP contribution in [0.3, 0.4) is 0 Å². The number of nitrogen functional groups attached to an aromatic ring is 1. The number of anilines is 1. The second-order valence-electron chi connectivity index (χ2n) is 5.55. The van der Waals surface area contributed by atoms with Crippen LogP contribution in [0.25, 0.3) is 0 Å². The number of phenols is 1. The SMILES string of the molecule is Nc1cccc(CN(Cc2cccc(O)c2)C2CC2)c1. The van der Waals surface area contributed by atoms with Crippen LogP contribution in [-0.2, 0) is 13.1 Å². The van der Waals surface area contributed by atoms with Crippen molar-refractivity contribution in [3.8, 4) is 5.75 Å². The van der Waals surface area contributed by atoms with Crippen molar-refractivity contribution < 1.29 is 5.11 Å². The predicted molar refractivity (Wildman–Crippen MR) is 81.2 cm³/mol. The minimum atomic E-state index is 0.335. The minimum Gasteiger partial charge on any atom is -0.508 e. The third kappa shape index (κ3) is 3.31. The van der Waals surface area contributed by atoms with Crippen LogP contribution in [0.1, 0.15) is 24.0 Å². The monoisotopic (exact) mass is 268 g/mol. The summed E-state index contributed by atoms with van der Waals surface area (Å²) in [5.74, 6) is 0.335. The second kappa shape index (κ2) is 5.55. The lowest BCUT2D eigenvalue weighted by atomic mass is 10.1. The van der Waals surface area contributed by atoms with E-state index in [9.17, 15) is 5.11 Å². The van der Waals surface area contributed by atoms with Gasteiger partial charge in [0.2, 0.25) is 0 Å². The summed E-state index contributed by atoms with van der Waals surface area (Å²) in [5, 5.41) is 9.57. The molecule has 0 bridgehead atoms. The van der Waals surface area contributed by atoms with Gasteiger partial charge in [0.15, 0.2) is 0 Å². The van der Waals surface area contributed by atoms with Crippen LogP contribution < -0.4 is 5.73 Å². The molecule has 3 heteroatoms. The molecule has 0 heterocycles. The minimum absolute atomic E-state index is 0.335. The molecule has 1 aliphatic rings. The highest BCUT2D eigenvalue weighted by atomic mass is 16.3. The molecule has 3 rings (SSSR count). The molecule has 0 aliphatic heterocycles. The van der Waals surface area contributed by atoms with Crippen LogP contribution >= 0.6 is 0 Å². The summed E-state index contributed by atoms with van der Waals surface area (Å²) in [6.07, 6.45) is 2.53. The Labute approximate surface area is 119 Å². The number of hydrogen-bond acceptors (Lipinski definition) is 3. The molecule has 1 aliphatic carbocycles. The van der Waals surface area contributed by atoms with E-state index in [1.165, 1.54) is 18.4 Å². The summed E-state index contributed by atoms with van der Waals surface area (Å²) < 4.78 is 0. The molecular weight excluding hydrogens is 248 g/mol. The molecule has 0 unspecified atom stereocenters. The molecular formula is C17H20N2O.